The SMILES string of the molecule is COCN(C)CCc1csc2ccccc12. The quantitative estimate of drug-likeness (QED) is 0.739. The summed E-state index contributed by atoms with van der Waals surface area (Å²) in [5, 5.41) is 3.67. The van der Waals surface area contributed by atoms with Crippen LogP contribution in [-0.4, -0.2) is 32.3 Å². The lowest BCUT2D eigenvalue weighted by molar-refractivity contribution is 0.0828. The molecule has 0 amide bonds. The highest BCUT2D eigenvalue weighted by atomic mass is 32.1. The van der Waals surface area contributed by atoms with E-state index in [-0.39, 0.29) is 0 Å². The van der Waals surface area contributed by atoms with Gasteiger partial charge in [-0.2, -0.15) is 0 Å². The first kappa shape index (κ1) is 11.6. The van der Waals surface area contributed by atoms with E-state index in [2.05, 4.69) is 41.6 Å². The molecule has 2 rings (SSSR count). The van der Waals surface area contributed by atoms with Crippen molar-refractivity contribution >= 4 is 21.4 Å². The topological polar surface area (TPSA) is 12.5 Å². The van der Waals surface area contributed by atoms with Crippen LogP contribution in [0.5, 0.6) is 0 Å². The molecule has 0 saturated heterocycles. The van der Waals surface area contributed by atoms with Crippen molar-refractivity contribution in [1.29, 1.82) is 0 Å². The molecule has 1 heterocycles. The number of thiophene rings is 1. The zero-order chi connectivity index (χ0) is 11.4. The standard InChI is InChI=1S/C13H17NOS/c1-14(10-15-2)8-7-11-9-16-13-6-4-3-5-12(11)13/h3-6,9H,7-8,10H2,1-2H3. The van der Waals surface area contributed by atoms with Gasteiger partial charge in [-0.25, -0.2) is 0 Å². The first-order valence-corrected chi connectivity index (χ1v) is 6.32. The normalized spacial score (nSPS) is 11.4. The molecule has 0 fully saturated rings. The summed E-state index contributed by atoms with van der Waals surface area (Å²) in [7, 11) is 3.81. The fourth-order valence-electron chi connectivity index (χ4n) is 1.82. The molecule has 2 nitrogen and oxygen atoms in total. The molecule has 86 valence electrons. The van der Waals surface area contributed by atoms with Gasteiger partial charge in [0.25, 0.3) is 0 Å². The number of rotatable bonds is 5. The van der Waals surface area contributed by atoms with Gasteiger partial charge in [-0.05, 0) is 35.9 Å². The highest BCUT2D eigenvalue weighted by molar-refractivity contribution is 7.17. The fraction of sp³-hybridized carbons (Fsp3) is 0.385. The molecule has 2 aromatic rings. The van der Waals surface area contributed by atoms with Crippen LogP contribution in [0, 0.1) is 0 Å². The van der Waals surface area contributed by atoms with Crippen LogP contribution in [-0.2, 0) is 11.2 Å². The zero-order valence-electron chi connectivity index (χ0n) is 9.77. The van der Waals surface area contributed by atoms with E-state index in [0.717, 1.165) is 13.0 Å². The van der Waals surface area contributed by atoms with Gasteiger partial charge in [0, 0.05) is 18.4 Å². The fourth-order valence-corrected chi connectivity index (χ4v) is 2.82. The zero-order valence-corrected chi connectivity index (χ0v) is 10.6. The number of likely N-dealkylation sites (N-methyl/N-ethyl adjacent to an activating group) is 1. The predicted molar refractivity (Wildman–Crippen MR) is 70.0 cm³/mol. The molecule has 0 unspecified atom stereocenters. The third-order valence-electron chi connectivity index (χ3n) is 2.67. The number of hydrogen-bond donors (Lipinski definition) is 0. The van der Waals surface area contributed by atoms with E-state index >= 15 is 0 Å². The second kappa shape index (κ2) is 5.43. The lowest BCUT2D eigenvalue weighted by atomic mass is 10.1. The third-order valence-corrected chi connectivity index (χ3v) is 3.69. The summed E-state index contributed by atoms with van der Waals surface area (Å²) >= 11 is 1.83. The van der Waals surface area contributed by atoms with Crippen molar-refractivity contribution in [2.24, 2.45) is 0 Å². The maximum absolute atomic E-state index is 5.09. The monoisotopic (exact) mass is 235 g/mol. The van der Waals surface area contributed by atoms with Gasteiger partial charge in [-0.3, -0.25) is 4.90 Å². The molecule has 0 atom stereocenters. The van der Waals surface area contributed by atoms with Crippen LogP contribution in [0.25, 0.3) is 10.1 Å². The number of ether oxygens (including phenoxy) is 1. The van der Waals surface area contributed by atoms with Crippen molar-refractivity contribution in [1.82, 2.24) is 4.90 Å². The van der Waals surface area contributed by atoms with Gasteiger partial charge in [0.15, 0.2) is 0 Å². The molecule has 0 saturated carbocycles. The summed E-state index contributed by atoms with van der Waals surface area (Å²) in [6.45, 7) is 1.73. The van der Waals surface area contributed by atoms with Crippen molar-refractivity contribution in [3.05, 3.63) is 35.2 Å². The number of nitrogens with zero attached hydrogens (tertiary/aromatic N) is 1. The largest absolute Gasteiger partial charge is 0.369 e. The Bertz CT molecular complexity index is 452. The van der Waals surface area contributed by atoms with Crippen LogP contribution >= 0.6 is 11.3 Å². The molecular weight excluding hydrogens is 218 g/mol. The van der Waals surface area contributed by atoms with Crippen molar-refractivity contribution in [3.8, 4) is 0 Å². The van der Waals surface area contributed by atoms with Crippen LogP contribution in [0.3, 0.4) is 0 Å². The van der Waals surface area contributed by atoms with Crippen molar-refractivity contribution in [3.63, 3.8) is 0 Å². The maximum atomic E-state index is 5.09. The highest BCUT2D eigenvalue weighted by Gasteiger charge is 2.04. The van der Waals surface area contributed by atoms with Gasteiger partial charge >= 0.3 is 0 Å². The lowest BCUT2D eigenvalue weighted by Crippen LogP contribution is -2.23. The summed E-state index contributed by atoms with van der Waals surface area (Å²) in [4.78, 5) is 2.19. The van der Waals surface area contributed by atoms with E-state index in [0.29, 0.717) is 6.73 Å². The van der Waals surface area contributed by atoms with Crippen molar-refractivity contribution in [2.45, 2.75) is 6.42 Å². The Kier molecular flexibility index (Phi) is 3.93. The number of benzene rings is 1. The summed E-state index contributed by atoms with van der Waals surface area (Å²) in [6, 6.07) is 8.59. The summed E-state index contributed by atoms with van der Waals surface area (Å²) < 4.78 is 6.47. The Labute approximate surface area is 100 Å². The predicted octanol–water partition coefficient (Wildman–Crippen LogP) is 2.98. The lowest BCUT2D eigenvalue weighted by Gasteiger charge is -2.14. The summed E-state index contributed by atoms with van der Waals surface area (Å²) in [5.41, 5.74) is 1.45. The van der Waals surface area contributed by atoms with E-state index in [1.54, 1.807) is 7.11 Å². The highest BCUT2D eigenvalue weighted by Crippen LogP contribution is 2.25. The molecule has 1 aromatic carbocycles. The molecule has 0 aliphatic rings. The Morgan fingerprint density at radius 1 is 1.31 bits per heavy atom. The van der Waals surface area contributed by atoms with Crippen LogP contribution in [0.4, 0.5) is 0 Å². The molecule has 0 radical (unpaired) electrons. The Morgan fingerprint density at radius 2 is 2.12 bits per heavy atom. The molecule has 0 aliphatic carbocycles. The van der Waals surface area contributed by atoms with Gasteiger partial charge < -0.3 is 4.74 Å². The van der Waals surface area contributed by atoms with Gasteiger partial charge in [-0.1, -0.05) is 18.2 Å². The van der Waals surface area contributed by atoms with E-state index < -0.39 is 0 Å². The molecule has 16 heavy (non-hydrogen) atoms. The molecule has 0 aliphatic heterocycles. The summed E-state index contributed by atoms with van der Waals surface area (Å²) in [6.07, 6.45) is 1.09. The van der Waals surface area contributed by atoms with Crippen molar-refractivity contribution in [2.75, 3.05) is 27.4 Å². The van der Waals surface area contributed by atoms with Crippen LogP contribution < -0.4 is 0 Å². The first-order valence-electron chi connectivity index (χ1n) is 5.44. The van der Waals surface area contributed by atoms with Crippen LogP contribution in [0.1, 0.15) is 5.56 Å². The molecule has 3 heteroatoms. The summed E-state index contributed by atoms with van der Waals surface area (Å²) in [5.74, 6) is 0. The van der Waals surface area contributed by atoms with Gasteiger partial charge in [0.2, 0.25) is 0 Å². The van der Waals surface area contributed by atoms with E-state index in [1.807, 2.05) is 11.3 Å². The maximum Gasteiger partial charge on any atom is 0.0984 e. The average molecular weight is 235 g/mol. The Balaban J connectivity index is 2.04. The molecular formula is C13H17NOS. The first-order chi connectivity index (χ1) is 7.81. The van der Waals surface area contributed by atoms with Crippen LogP contribution in [0.2, 0.25) is 0 Å². The number of fused-ring (bicyclic) bond motifs is 1. The minimum atomic E-state index is 0.696. The average Bonchev–Trinajstić information content (AvgIpc) is 2.70. The smallest absolute Gasteiger partial charge is 0.0984 e. The van der Waals surface area contributed by atoms with Gasteiger partial charge in [0.05, 0.1) is 6.73 Å². The second-order valence-electron chi connectivity index (χ2n) is 4.00. The van der Waals surface area contributed by atoms with E-state index in [1.165, 1.54) is 15.6 Å². The molecule has 0 spiro atoms. The molecule has 1 aromatic heterocycles. The number of methoxy groups -OCH3 is 1. The number of hydrogen-bond acceptors (Lipinski definition) is 3. The van der Waals surface area contributed by atoms with Gasteiger partial charge in [-0.15, -0.1) is 11.3 Å². The molecule has 0 N–H and O–H groups in total. The second-order valence-corrected chi connectivity index (χ2v) is 4.92. The van der Waals surface area contributed by atoms with Gasteiger partial charge in [0.1, 0.15) is 0 Å². The van der Waals surface area contributed by atoms with Crippen LogP contribution in [0.15, 0.2) is 29.6 Å². The minimum absolute atomic E-state index is 0.696. The minimum Gasteiger partial charge on any atom is -0.369 e. The molecule has 0 bridgehead atoms. The Hall–Kier alpha value is -0.900. The third kappa shape index (κ3) is 2.61. The van der Waals surface area contributed by atoms with E-state index in [9.17, 15) is 0 Å². The van der Waals surface area contributed by atoms with E-state index in [4.69, 9.17) is 4.74 Å². The van der Waals surface area contributed by atoms with Crippen molar-refractivity contribution < 1.29 is 4.74 Å². The Morgan fingerprint density at radius 3 is 2.94 bits per heavy atom.